The van der Waals surface area contributed by atoms with Crippen molar-refractivity contribution in [2.24, 2.45) is 5.92 Å². The van der Waals surface area contributed by atoms with E-state index in [1.54, 1.807) is 0 Å². The number of amides is 1. The first-order valence-electron chi connectivity index (χ1n) is 11.0. The molecule has 0 radical (unpaired) electrons. The van der Waals surface area contributed by atoms with Crippen LogP contribution in [0.25, 0.3) is 0 Å². The molecule has 2 aromatic carbocycles. The van der Waals surface area contributed by atoms with Crippen LogP contribution in [0.15, 0.2) is 36.4 Å². The standard InChI is InChI=1S/C25H34N2O3S/c1-17-6-8-22(9-7-17)16-31(29,30)27-12-10-23(11-13-27)25(28)26-21(5)24-15-19(3)18(2)14-20(24)4/h6-9,14-15,21,23H,10-13,16H2,1-5H3,(H,26,28). The van der Waals surface area contributed by atoms with Crippen molar-refractivity contribution in [1.29, 1.82) is 0 Å². The fourth-order valence-electron chi connectivity index (χ4n) is 4.24. The van der Waals surface area contributed by atoms with E-state index in [1.165, 1.54) is 21.0 Å². The van der Waals surface area contributed by atoms with E-state index < -0.39 is 10.0 Å². The highest BCUT2D eigenvalue weighted by Crippen LogP contribution is 2.25. The van der Waals surface area contributed by atoms with Gasteiger partial charge in [-0.3, -0.25) is 4.79 Å². The Morgan fingerprint density at radius 2 is 1.58 bits per heavy atom. The molecule has 1 aliphatic rings. The van der Waals surface area contributed by atoms with Gasteiger partial charge in [0.05, 0.1) is 11.8 Å². The minimum Gasteiger partial charge on any atom is -0.349 e. The molecule has 168 valence electrons. The highest BCUT2D eigenvalue weighted by Gasteiger charge is 2.31. The van der Waals surface area contributed by atoms with Crippen molar-refractivity contribution in [3.63, 3.8) is 0 Å². The number of hydrogen-bond donors (Lipinski definition) is 1. The second-order valence-corrected chi connectivity index (χ2v) is 10.9. The summed E-state index contributed by atoms with van der Waals surface area (Å²) >= 11 is 0. The first kappa shape index (κ1) is 23.5. The number of piperidine rings is 1. The molecule has 0 bridgehead atoms. The van der Waals surface area contributed by atoms with E-state index in [2.05, 4.69) is 38.2 Å². The van der Waals surface area contributed by atoms with Crippen LogP contribution in [0.2, 0.25) is 0 Å². The first-order valence-corrected chi connectivity index (χ1v) is 12.6. The summed E-state index contributed by atoms with van der Waals surface area (Å²) in [7, 11) is -3.38. The Morgan fingerprint density at radius 1 is 1.00 bits per heavy atom. The zero-order valence-electron chi connectivity index (χ0n) is 19.2. The summed E-state index contributed by atoms with van der Waals surface area (Å²) in [5.74, 6) is -0.131. The molecule has 1 aliphatic heterocycles. The van der Waals surface area contributed by atoms with Crippen molar-refractivity contribution in [3.05, 3.63) is 69.8 Å². The van der Waals surface area contributed by atoms with Crippen LogP contribution in [0.5, 0.6) is 0 Å². The monoisotopic (exact) mass is 442 g/mol. The predicted molar refractivity (Wildman–Crippen MR) is 125 cm³/mol. The van der Waals surface area contributed by atoms with Gasteiger partial charge in [-0.1, -0.05) is 42.0 Å². The molecule has 0 spiro atoms. The Bertz CT molecular complexity index is 1040. The van der Waals surface area contributed by atoms with Crippen LogP contribution in [0.1, 0.15) is 59.2 Å². The summed E-state index contributed by atoms with van der Waals surface area (Å²) in [4.78, 5) is 12.8. The molecular weight excluding hydrogens is 408 g/mol. The zero-order chi connectivity index (χ0) is 22.8. The Labute approximate surface area is 186 Å². The number of sulfonamides is 1. The fraction of sp³-hybridized carbons (Fsp3) is 0.480. The lowest BCUT2D eigenvalue weighted by Gasteiger charge is -2.31. The second kappa shape index (κ2) is 9.53. The number of nitrogens with one attached hydrogen (secondary N) is 1. The van der Waals surface area contributed by atoms with E-state index in [4.69, 9.17) is 0 Å². The number of rotatable bonds is 6. The number of nitrogens with zero attached hydrogens (tertiary/aromatic N) is 1. The molecule has 0 aromatic heterocycles. The number of carbonyl (C=O) groups is 1. The lowest BCUT2D eigenvalue weighted by molar-refractivity contribution is -0.126. The summed E-state index contributed by atoms with van der Waals surface area (Å²) in [5, 5.41) is 3.15. The molecule has 5 nitrogen and oxygen atoms in total. The third-order valence-corrected chi connectivity index (χ3v) is 8.25. The van der Waals surface area contributed by atoms with E-state index in [0.717, 1.165) is 16.7 Å². The van der Waals surface area contributed by atoms with Gasteiger partial charge in [-0.15, -0.1) is 0 Å². The van der Waals surface area contributed by atoms with Gasteiger partial charge < -0.3 is 5.32 Å². The van der Waals surface area contributed by atoms with Crippen LogP contribution in [-0.2, 0) is 20.6 Å². The summed E-state index contributed by atoms with van der Waals surface area (Å²) in [6.45, 7) is 11.0. The number of carbonyl (C=O) groups excluding carboxylic acids is 1. The van der Waals surface area contributed by atoms with Crippen molar-refractivity contribution in [2.75, 3.05) is 13.1 Å². The van der Waals surface area contributed by atoms with E-state index in [9.17, 15) is 13.2 Å². The Balaban J connectivity index is 1.57. The molecule has 1 heterocycles. The van der Waals surface area contributed by atoms with Crippen LogP contribution in [0, 0.1) is 33.6 Å². The third kappa shape index (κ3) is 5.74. The molecule has 1 atom stereocenters. The minimum atomic E-state index is -3.38. The molecule has 31 heavy (non-hydrogen) atoms. The van der Waals surface area contributed by atoms with Gasteiger partial charge in [-0.2, -0.15) is 0 Å². The molecule has 1 unspecified atom stereocenters. The topological polar surface area (TPSA) is 66.5 Å². The van der Waals surface area contributed by atoms with Gasteiger partial charge >= 0.3 is 0 Å². The Kier molecular flexibility index (Phi) is 7.22. The summed E-state index contributed by atoms with van der Waals surface area (Å²) in [6, 6.07) is 11.8. The fourth-order valence-corrected chi connectivity index (χ4v) is 5.80. The first-order chi connectivity index (χ1) is 14.6. The van der Waals surface area contributed by atoms with Crippen molar-refractivity contribution >= 4 is 15.9 Å². The van der Waals surface area contributed by atoms with Crippen molar-refractivity contribution in [2.45, 2.75) is 59.3 Å². The smallest absolute Gasteiger partial charge is 0.223 e. The van der Waals surface area contributed by atoms with E-state index in [-0.39, 0.29) is 23.6 Å². The molecule has 1 N–H and O–H groups in total. The third-order valence-electron chi connectivity index (χ3n) is 6.40. The van der Waals surface area contributed by atoms with Gasteiger partial charge in [0.2, 0.25) is 15.9 Å². The normalized spacial score (nSPS) is 16.8. The minimum absolute atomic E-state index is 0.00717. The molecule has 0 saturated carbocycles. The second-order valence-electron chi connectivity index (χ2n) is 8.94. The van der Waals surface area contributed by atoms with Crippen LogP contribution >= 0.6 is 0 Å². The summed E-state index contributed by atoms with van der Waals surface area (Å²) < 4.78 is 27.1. The van der Waals surface area contributed by atoms with E-state index in [1.807, 2.05) is 38.1 Å². The molecular formula is C25H34N2O3S. The van der Waals surface area contributed by atoms with Crippen molar-refractivity contribution in [1.82, 2.24) is 9.62 Å². The van der Waals surface area contributed by atoms with Gasteiger partial charge in [0.1, 0.15) is 0 Å². The lowest BCUT2D eigenvalue weighted by Crippen LogP contribution is -2.43. The molecule has 3 rings (SSSR count). The Morgan fingerprint density at radius 3 is 2.19 bits per heavy atom. The summed E-state index contributed by atoms with van der Waals surface area (Å²) in [6.07, 6.45) is 1.11. The molecule has 2 aromatic rings. The highest BCUT2D eigenvalue weighted by atomic mass is 32.2. The molecule has 1 amide bonds. The number of hydrogen-bond acceptors (Lipinski definition) is 3. The van der Waals surface area contributed by atoms with Gasteiger partial charge in [-0.25, -0.2) is 12.7 Å². The zero-order valence-corrected chi connectivity index (χ0v) is 20.1. The summed E-state index contributed by atoms with van der Waals surface area (Å²) in [5.41, 5.74) is 6.68. The van der Waals surface area contributed by atoms with Crippen LogP contribution in [0.4, 0.5) is 0 Å². The molecule has 1 fully saturated rings. The molecule has 6 heteroatoms. The average Bonchev–Trinajstić information content (AvgIpc) is 2.72. The Hall–Kier alpha value is -2.18. The molecule has 1 saturated heterocycles. The van der Waals surface area contributed by atoms with Gasteiger partial charge in [0.15, 0.2) is 0 Å². The van der Waals surface area contributed by atoms with Crippen molar-refractivity contribution in [3.8, 4) is 0 Å². The largest absolute Gasteiger partial charge is 0.349 e. The molecule has 0 aliphatic carbocycles. The van der Waals surface area contributed by atoms with Gasteiger partial charge in [0, 0.05) is 19.0 Å². The number of benzene rings is 2. The lowest BCUT2D eigenvalue weighted by atomic mass is 9.94. The predicted octanol–water partition coefficient (Wildman–Crippen LogP) is 4.34. The maximum Gasteiger partial charge on any atom is 0.223 e. The average molecular weight is 443 g/mol. The van der Waals surface area contributed by atoms with Crippen LogP contribution < -0.4 is 5.32 Å². The van der Waals surface area contributed by atoms with Gasteiger partial charge in [0.25, 0.3) is 0 Å². The van der Waals surface area contributed by atoms with Gasteiger partial charge in [-0.05, 0) is 75.3 Å². The van der Waals surface area contributed by atoms with Crippen molar-refractivity contribution < 1.29 is 13.2 Å². The van der Waals surface area contributed by atoms with Crippen LogP contribution in [0.3, 0.4) is 0 Å². The highest BCUT2D eigenvalue weighted by molar-refractivity contribution is 7.88. The maximum absolute atomic E-state index is 12.8. The SMILES string of the molecule is Cc1ccc(CS(=O)(=O)N2CCC(C(=O)NC(C)c3cc(C)c(C)cc3C)CC2)cc1. The van der Waals surface area contributed by atoms with Crippen LogP contribution in [-0.4, -0.2) is 31.7 Å². The quantitative estimate of drug-likeness (QED) is 0.724. The van der Waals surface area contributed by atoms with E-state index in [0.29, 0.717) is 25.9 Å². The number of aryl methyl sites for hydroxylation is 4. The maximum atomic E-state index is 12.8. The van der Waals surface area contributed by atoms with E-state index >= 15 is 0 Å².